The van der Waals surface area contributed by atoms with Gasteiger partial charge in [0.05, 0.1) is 6.42 Å². The predicted octanol–water partition coefficient (Wildman–Crippen LogP) is 1.39. The molecule has 0 fully saturated rings. The number of rotatable bonds is 7. The first-order chi connectivity index (χ1) is 8.15. The van der Waals surface area contributed by atoms with Crippen LogP contribution in [0.4, 0.5) is 4.39 Å². The van der Waals surface area contributed by atoms with E-state index < -0.39 is 5.97 Å². The van der Waals surface area contributed by atoms with E-state index in [1.807, 2.05) is 19.9 Å². The zero-order valence-corrected chi connectivity index (χ0v) is 12.5. The zero-order chi connectivity index (χ0) is 12.7. The zero-order valence-electron chi connectivity index (χ0n) is 10.5. The van der Waals surface area contributed by atoms with Crippen LogP contribution in [0.5, 0.6) is 0 Å². The maximum absolute atomic E-state index is 13.1. The number of ether oxygens (including phenoxy) is 2. The molecule has 1 aromatic carbocycles. The van der Waals surface area contributed by atoms with Gasteiger partial charge in [-0.2, -0.15) is 0 Å². The molecule has 0 unspecified atom stereocenters. The van der Waals surface area contributed by atoms with E-state index in [1.54, 1.807) is 6.07 Å². The molecule has 0 amide bonds. The first-order valence-electron chi connectivity index (χ1n) is 5.73. The van der Waals surface area contributed by atoms with Crippen LogP contribution in [-0.2, 0) is 20.3 Å². The molecule has 17 heavy (non-hydrogen) atoms. The molecular weight excluding hydrogens is 239 g/mol. The summed E-state index contributed by atoms with van der Waals surface area (Å²) in [5, 5.41) is 0. The van der Waals surface area contributed by atoms with Gasteiger partial charge in [-0.05, 0) is 31.5 Å². The highest BCUT2D eigenvalue weighted by atomic mass is 28.2. The molecule has 0 N–H and O–H groups in total. The minimum atomic E-state index is -1.07. The van der Waals surface area contributed by atoms with E-state index in [1.165, 1.54) is 12.1 Å². The van der Waals surface area contributed by atoms with Gasteiger partial charge in [0.1, 0.15) is 5.82 Å². The van der Waals surface area contributed by atoms with E-state index in [2.05, 4.69) is 0 Å². The normalized spacial score (nSPS) is 11.9. The summed E-state index contributed by atoms with van der Waals surface area (Å²) in [5.74, 6) is -1.33. The maximum Gasteiger partial charge on any atom is 0.276 e. The van der Waals surface area contributed by atoms with Crippen molar-refractivity contribution < 1.29 is 18.3 Å². The second-order valence-corrected chi connectivity index (χ2v) is 3.97. The Labute approximate surface area is 104 Å². The third kappa shape index (κ3) is 4.20. The summed E-state index contributed by atoms with van der Waals surface area (Å²) < 4.78 is 29.6. The van der Waals surface area contributed by atoms with Crippen LogP contribution in [0.3, 0.4) is 0 Å². The molecule has 0 atom stereocenters. The molecule has 1 rings (SSSR count). The molecule has 0 radical (unpaired) electrons. The molecule has 0 heterocycles. The second kappa shape index (κ2) is 6.86. The second-order valence-electron chi connectivity index (χ2n) is 3.56. The lowest BCUT2D eigenvalue weighted by atomic mass is 10.1. The van der Waals surface area contributed by atoms with Gasteiger partial charge >= 0.3 is 0 Å². The summed E-state index contributed by atoms with van der Waals surface area (Å²) in [6.07, 6.45) is 0.385. The molecule has 0 saturated carbocycles. The molecule has 0 aromatic heterocycles. The first kappa shape index (κ1) is 14.3. The molecule has 0 bridgehead atoms. The van der Waals surface area contributed by atoms with E-state index in [0.29, 0.717) is 30.1 Å². The molecule has 0 aliphatic carbocycles. The van der Waals surface area contributed by atoms with Crippen LogP contribution < -0.4 is 0 Å². The van der Waals surface area contributed by atoms with E-state index >= 15 is 0 Å². The number of hydrogen-bond acceptors (Lipinski definition) is 3. The fraction of sp³-hybridized carbons (Fsp3) is 0.500. The van der Waals surface area contributed by atoms with Gasteiger partial charge in [-0.25, -0.2) is 4.39 Å². The van der Waals surface area contributed by atoms with Crippen LogP contribution >= 0.6 is 0 Å². The van der Waals surface area contributed by atoms with E-state index in [0.717, 1.165) is 5.56 Å². The molecule has 1 aromatic rings. The third-order valence-electron chi connectivity index (χ3n) is 2.35. The summed E-state index contributed by atoms with van der Waals surface area (Å²) in [6.45, 7) is 4.72. The maximum atomic E-state index is 13.1. The molecule has 0 spiro atoms. The number of benzene rings is 1. The Kier molecular flexibility index (Phi) is 5.77. The Morgan fingerprint density at radius 3 is 2.35 bits per heavy atom. The minimum Gasteiger partial charge on any atom is -0.380 e. The van der Waals surface area contributed by atoms with Crippen molar-refractivity contribution in [1.29, 1.82) is 0 Å². The van der Waals surface area contributed by atoms with Crippen LogP contribution in [0.25, 0.3) is 0 Å². The summed E-state index contributed by atoms with van der Waals surface area (Å²) in [7, 11) is 0.490. The molecule has 3 nitrogen and oxygen atoms in total. The topological polar surface area (TPSA) is 27.7 Å². The third-order valence-corrected chi connectivity index (χ3v) is 2.97. The van der Waals surface area contributed by atoms with E-state index in [9.17, 15) is 4.39 Å². The van der Waals surface area contributed by atoms with Crippen LogP contribution in [0.2, 0.25) is 0 Å². The van der Waals surface area contributed by atoms with Gasteiger partial charge in [0.25, 0.3) is 5.97 Å². The van der Waals surface area contributed by atoms with Crippen molar-refractivity contribution in [3.63, 3.8) is 0 Å². The fourth-order valence-electron chi connectivity index (χ4n) is 1.67. The Morgan fingerprint density at radius 1 is 1.24 bits per heavy atom. The van der Waals surface area contributed by atoms with Crippen molar-refractivity contribution in [3.05, 3.63) is 35.6 Å². The van der Waals surface area contributed by atoms with Crippen molar-refractivity contribution in [1.82, 2.24) is 0 Å². The van der Waals surface area contributed by atoms with E-state index in [-0.39, 0.29) is 5.82 Å². The SMILES string of the molecule is CCOC(Cc1cccc(F)c1)(O[SiH3])OCC. The standard InChI is InChI=1S/C12H19FO3Si/c1-3-14-12(16-17,15-4-2)9-10-6-5-7-11(13)8-10/h5-8H,3-4,9H2,1-2,17H3. The van der Waals surface area contributed by atoms with E-state index in [4.69, 9.17) is 13.9 Å². The predicted molar refractivity (Wildman–Crippen MR) is 67.1 cm³/mol. The number of hydrogen-bond donors (Lipinski definition) is 0. The lowest BCUT2D eigenvalue weighted by Crippen LogP contribution is -2.41. The monoisotopic (exact) mass is 258 g/mol. The van der Waals surface area contributed by atoms with Gasteiger partial charge in [0, 0.05) is 13.2 Å². The summed E-state index contributed by atoms with van der Waals surface area (Å²) in [5.41, 5.74) is 0.794. The molecule has 0 saturated heterocycles. The lowest BCUT2D eigenvalue weighted by Gasteiger charge is -2.32. The van der Waals surface area contributed by atoms with Gasteiger partial charge in [-0.3, -0.25) is 0 Å². The average molecular weight is 258 g/mol. The van der Waals surface area contributed by atoms with Crippen molar-refractivity contribution in [2.24, 2.45) is 0 Å². The Morgan fingerprint density at radius 2 is 1.88 bits per heavy atom. The van der Waals surface area contributed by atoms with Crippen LogP contribution in [0, 0.1) is 5.82 Å². The summed E-state index contributed by atoms with van der Waals surface area (Å²) >= 11 is 0. The largest absolute Gasteiger partial charge is 0.380 e. The van der Waals surface area contributed by atoms with Crippen LogP contribution in [0.15, 0.2) is 24.3 Å². The average Bonchev–Trinajstić information content (AvgIpc) is 2.29. The quantitative estimate of drug-likeness (QED) is 0.546. The highest BCUT2D eigenvalue weighted by molar-refractivity contribution is 5.98. The summed E-state index contributed by atoms with van der Waals surface area (Å²) in [4.78, 5) is 0. The van der Waals surface area contributed by atoms with Gasteiger partial charge in [-0.1, -0.05) is 12.1 Å². The van der Waals surface area contributed by atoms with Gasteiger partial charge in [0.15, 0.2) is 10.5 Å². The summed E-state index contributed by atoms with van der Waals surface area (Å²) in [6, 6.07) is 6.37. The molecule has 0 aliphatic heterocycles. The molecule has 96 valence electrons. The number of halogens is 1. The minimum absolute atomic E-state index is 0.266. The smallest absolute Gasteiger partial charge is 0.276 e. The van der Waals surface area contributed by atoms with Crippen molar-refractivity contribution in [2.75, 3.05) is 13.2 Å². The lowest BCUT2D eigenvalue weighted by molar-refractivity contribution is -0.339. The Hall–Kier alpha value is -0.753. The highest BCUT2D eigenvalue weighted by Crippen LogP contribution is 2.21. The first-order valence-corrected chi connectivity index (χ1v) is 6.55. The highest BCUT2D eigenvalue weighted by Gasteiger charge is 2.31. The Balaban J connectivity index is 2.84. The van der Waals surface area contributed by atoms with Crippen molar-refractivity contribution in [3.8, 4) is 0 Å². The van der Waals surface area contributed by atoms with Crippen molar-refractivity contribution >= 4 is 10.5 Å². The molecule has 5 heteroatoms. The molecular formula is C12H19FO3Si. The fourth-order valence-corrected chi connectivity index (χ4v) is 2.05. The van der Waals surface area contributed by atoms with Gasteiger partial charge < -0.3 is 13.9 Å². The van der Waals surface area contributed by atoms with Crippen LogP contribution in [-0.4, -0.2) is 29.7 Å². The van der Waals surface area contributed by atoms with Gasteiger partial charge in [-0.15, -0.1) is 0 Å². The Bertz CT molecular complexity index is 340. The van der Waals surface area contributed by atoms with Gasteiger partial charge in [0.2, 0.25) is 0 Å². The van der Waals surface area contributed by atoms with Crippen LogP contribution in [0.1, 0.15) is 19.4 Å². The van der Waals surface area contributed by atoms with Crippen molar-refractivity contribution in [2.45, 2.75) is 26.2 Å². The molecule has 0 aliphatic rings.